The van der Waals surface area contributed by atoms with E-state index in [-0.39, 0.29) is 18.1 Å². The second kappa shape index (κ2) is 9.68. The number of nitrogens with one attached hydrogen (secondary N) is 2. The number of carbonyl (C=O) groups is 2. The largest absolute Gasteiger partial charge is 0.375 e. The van der Waals surface area contributed by atoms with Crippen LogP contribution < -0.4 is 10.6 Å². The lowest BCUT2D eigenvalue weighted by Gasteiger charge is -2.08. The Morgan fingerprint density at radius 3 is 2.42 bits per heavy atom. The first kappa shape index (κ1) is 19.6. The van der Waals surface area contributed by atoms with E-state index in [9.17, 15) is 14.0 Å². The SMILES string of the molecule is CCNC(=O)c1ccc(COCCNC(=O)c2ccc(C)cc2)cc1F. The van der Waals surface area contributed by atoms with E-state index >= 15 is 0 Å². The van der Waals surface area contributed by atoms with Crippen LogP contribution in [0.3, 0.4) is 0 Å². The number of rotatable bonds is 8. The third-order valence-electron chi connectivity index (χ3n) is 3.73. The average Bonchev–Trinajstić information content (AvgIpc) is 2.62. The molecule has 0 atom stereocenters. The Bertz CT molecular complexity index is 760. The Morgan fingerprint density at radius 2 is 1.77 bits per heavy atom. The molecule has 26 heavy (non-hydrogen) atoms. The minimum atomic E-state index is -0.579. The van der Waals surface area contributed by atoms with Crippen LogP contribution in [0.4, 0.5) is 4.39 Å². The maximum atomic E-state index is 13.9. The fraction of sp³-hybridized carbons (Fsp3) is 0.300. The monoisotopic (exact) mass is 358 g/mol. The van der Waals surface area contributed by atoms with Gasteiger partial charge in [-0.1, -0.05) is 23.8 Å². The summed E-state index contributed by atoms with van der Waals surface area (Å²) in [7, 11) is 0. The minimum absolute atomic E-state index is 0.0148. The Hall–Kier alpha value is -2.73. The molecule has 2 N–H and O–H groups in total. The molecule has 0 heterocycles. The van der Waals surface area contributed by atoms with Gasteiger partial charge in [-0.05, 0) is 43.7 Å². The molecule has 0 fully saturated rings. The van der Waals surface area contributed by atoms with Crippen molar-refractivity contribution >= 4 is 11.8 Å². The fourth-order valence-electron chi connectivity index (χ4n) is 2.32. The number of hydrogen-bond donors (Lipinski definition) is 2. The van der Waals surface area contributed by atoms with E-state index in [1.165, 1.54) is 12.1 Å². The van der Waals surface area contributed by atoms with E-state index in [1.807, 2.05) is 19.1 Å². The normalized spacial score (nSPS) is 10.4. The summed E-state index contributed by atoms with van der Waals surface area (Å²) >= 11 is 0. The molecule has 0 saturated heterocycles. The van der Waals surface area contributed by atoms with E-state index in [0.29, 0.717) is 30.8 Å². The van der Waals surface area contributed by atoms with Crippen LogP contribution in [0.15, 0.2) is 42.5 Å². The summed E-state index contributed by atoms with van der Waals surface area (Å²) in [6, 6.07) is 11.7. The zero-order chi connectivity index (χ0) is 18.9. The summed E-state index contributed by atoms with van der Waals surface area (Å²) in [5, 5.41) is 5.32. The number of ether oxygens (including phenoxy) is 1. The standard InChI is InChI=1S/C20H23FN2O3/c1-3-22-20(25)17-9-6-15(12-18(17)21)13-26-11-10-23-19(24)16-7-4-14(2)5-8-16/h4-9,12H,3,10-11,13H2,1-2H3,(H,22,25)(H,23,24). The maximum absolute atomic E-state index is 13.9. The number of carbonyl (C=O) groups excluding carboxylic acids is 2. The molecule has 2 aromatic carbocycles. The van der Waals surface area contributed by atoms with Crippen LogP contribution in [0.5, 0.6) is 0 Å². The molecule has 0 saturated carbocycles. The summed E-state index contributed by atoms with van der Waals surface area (Å²) in [6.45, 7) is 5.03. The molecule has 6 heteroatoms. The van der Waals surface area contributed by atoms with Gasteiger partial charge in [0.05, 0.1) is 18.8 Å². The van der Waals surface area contributed by atoms with Crippen molar-refractivity contribution in [2.75, 3.05) is 19.7 Å². The third kappa shape index (κ3) is 5.67. The van der Waals surface area contributed by atoms with Gasteiger partial charge in [-0.15, -0.1) is 0 Å². The van der Waals surface area contributed by atoms with Gasteiger partial charge in [0, 0.05) is 18.7 Å². The molecule has 0 aromatic heterocycles. The first-order valence-corrected chi connectivity index (χ1v) is 8.50. The summed E-state index contributed by atoms with van der Waals surface area (Å²) in [5.74, 6) is -1.17. The van der Waals surface area contributed by atoms with Crippen LogP contribution in [0.25, 0.3) is 0 Å². The lowest BCUT2D eigenvalue weighted by molar-refractivity contribution is 0.0900. The molecule has 138 valence electrons. The van der Waals surface area contributed by atoms with E-state index in [1.54, 1.807) is 25.1 Å². The third-order valence-corrected chi connectivity index (χ3v) is 3.73. The summed E-state index contributed by atoms with van der Waals surface area (Å²) < 4.78 is 19.4. The molecule has 0 unspecified atom stereocenters. The summed E-state index contributed by atoms with van der Waals surface area (Å²) in [4.78, 5) is 23.6. The minimum Gasteiger partial charge on any atom is -0.375 e. The quantitative estimate of drug-likeness (QED) is 0.713. The zero-order valence-corrected chi connectivity index (χ0v) is 15.0. The molecular weight excluding hydrogens is 335 g/mol. The van der Waals surface area contributed by atoms with Gasteiger partial charge >= 0.3 is 0 Å². The molecular formula is C20H23FN2O3. The summed E-state index contributed by atoms with van der Waals surface area (Å²) in [6.07, 6.45) is 0. The van der Waals surface area contributed by atoms with Gasteiger partial charge in [0.15, 0.2) is 0 Å². The lowest BCUT2D eigenvalue weighted by Crippen LogP contribution is -2.27. The van der Waals surface area contributed by atoms with E-state index in [2.05, 4.69) is 10.6 Å². The number of amides is 2. The van der Waals surface area contributed by atoms with Crippen LogP contribution >= 0.6 is 0 Å². The van der Waals surface area contributed by atoms with Gasteiger partial charge < -0.3 is 15.4 Å². The molecule has 0 aliphatic heterocycles. The molecule has 2 aromatic rings. The number of aryl methyl sites for hydroxylation is 1. The Kier molecular flexibility index (Phi) is 7.29. The predicted octanol–water partition coefficient (Wildman–Crippen LogP) is 2.83. The van der Waals surface area contributed by atoms with E-state index in [0.717, 1.165) is 5.56 Å². The number of benzene rings is 2. The van der Waals surface area contributed by atoms with Crippen molar-refractivity contribution in [2.24, 2.45) is 0 Å². The highest BCUT2D eigenvalue weighted by Crippen LogP contribution is 2.11. The average molecular weight is 358 g/mol. The maximum Gasteiger partial charge on any atom is 0.254 e. The molecule has 2 amide bonds. The van der Waals surface area contributed by atoms with Crippen LogP contribution in [-0.4, -0.2) is 31.5 Å². The molecule has 0 radical (unpaired) electrons. The van der Waals surface area contributed by atoms with E-state index in [4.69, 9.17) is 4.74 Å². The second-order valence-corrected chi connectivity index (χ2v) is 5.85. The Balaban J connectivity index is 1.74. The van der Waals surface area contributed by atoms with Crippen LogP contribution in [0.2, 0.25) is 0 Å². The smallest absolute Gasteiger partial charge is 0.254 e. The fourth-order valence-corrected chi connectivity index (χ4v) is 2.32. The molecule has 0 bridgehead atoms. The van der Waals surface area contributed by atoms with Crippen LogP contribution in [-0.2, 0) is 11.3 Å². The van der Waals surface area contributed by atoms with Gasteiger partial charge in [0.2, 0.25) is 0 Å². The lowest BCUT2D eigenvalue weighted by atomic mass is 10.1. The van der Waals surface area contributed by atoms with Gasteiger partial charge in [0.1, 0.15) is 5.82 Å². The highest BCUT2D eigenvalue weighted by molar-refractivity contribution is 5.94. The van der Waals surface area contributed by atoms with Crippen molar-refractivity contribution in [1.82, 2.24) is 10.6 Å². The first-order chi connectivity index (χ1) is 12.5. The van der Waals surface area contributed by atoms with Crippen molar-refractivity contribution in [3.8, 4) is 0 Å². The molecule has 0 aliphatic carbocycles. The number of halogens is 1. The molecule has 0 aliphatic rings. The van der Waals surface area contributed by atoms with Crippen molar-refractivity contribution in [1.29, 1.82) is 0 Å². The van der Waals surface area contributed by atoms with E-state index < -0.39 is 11.7 Å². The zero-order valence-electron chi connectivity index (χ0n) is 15.0. The highest BCUT2D eigenvalue weighted by atomic mass is 19.1. The van der Waals surface area contributed by atoms with Crippen LogP contribution in [0, 0.1) is 12.7 Å². The van der Waals surface area contributed by atoms with Crippen molar-refractivity contribution < 1.29 is 18.7 Å². The van der Waals surface area contributed by atoms with Crippen molar-refractivity contribution in [3.05, 3.63) is 70.5 Å². The van der Waals surface area contributed by atoms with Crippen molar-refractivity contribution in [3.63, 3.8) is 0 Å². The highest BCUT2D eigenvalue weighted by Gasteiger charge is 2.11. The topological polar surface area (TPSA) is 67.4 Å². The van der Waals surface area contributed by atoms with Crippen LogP contribution in [0.1, 0.15) is 38.8 Å². The van der Waals surface area contributed by atoms with Gasteiger partial charge in [-0.2, -0.15) is 0 Å². The molecule has 2 rings (SSSR count). The molecule has 0 spiro atoms. The Morgan fingerprint density at radius 1 is 1.04 bits per heavy atom. The Labute approximate surface area is 152 Å². The predicted molar refractivity (Wildman–Crippen MR) is 97.6 cm³/mol. The van der Waals surface area contributed by atoms with Crippen molar-refractivity contribution in [2.45, 2.75) is 20.5 Å². The summed E-state index contributed by atoms with van der Waals surface area (Å²) in [5.41, 5.74) is 2.33. The first-order valence-electron chi connectivity index (χ1n) is 8.50. The number of hydrogen-bond acceptors (Lipinski definition) is 3. The molecule has 5 nitrogen and oxygen atoms in total. The van der Waals surface area contributed by atoms with Gasteiger partial charge in [-0.25, -0.2) is 4.39 Å². The van der Waals surface area contributed by atoms with Gasteiger partial charge in [0.25, 0.3) is 11.8 Å². The van der Waals surface area contributed by atoms with Gasteiger partial charge in [-0.3, -0.25) is 9.59 Å². The second-order valence-electron chi connectivity index (χ2n) is 5.85.